The second-order valence-corrected chi connectivity index (χ2v) is 8.46. The molecule has 0 radical (unpaired) electrons. The van der Waals surface area contributed by atoms with E-state index in [0.29, 0.717) is 18.7 Å². The Kier molecular flexibility index (Phi) is 5.60. The molecular formula is C24H23N5O2S. The summed E-state index contributed by atoms with van der Waals surface area (Å²) in [6.45, 7) is 2.80. The first-order chi connectivity index (χ1) is 15.7. The predicted octanol–water partition coefficient (Wildman–Crippen LogP) is 4.41. The number of rotatable bonds is 5. The number of piperazine rings is 1. The van der Waals surface area contributed by atoms with Gasteiger partial charge in [-0.25, -0.2) is 9.97 Å². The van der Waals surface area contributed by atoms with Crippen molar-refractivity contribution in [2.45, 2.75) is 0 Å². The first-order valence-corrected chi connectivity index (χ1v) is 11.3. The molecule has 0 aliphatic carbocycles. The van der Waals surface area contributed by atoms with E-state index in [0.717, 1.165) is 45.7 Å². The van der Waals surface area contributed by atoms with E-state index >= 15 is 0 Å². The molecule has 4 aromatic rings. The van der Waals surface area contributed by atoms with Crippen LogP contribution in [0.3, 0.4) is 0 Å². The van der Waals surface area contributed by atoms with E-state index in [9.17, 15) is 4.79 Å². The molecule has 5 rings (SSSR count). The molecule has 32 heavy (non-hydrogen) atoms. The van der Waals surface area contributed by atoms with E-state index in [-0.39, 0.29) is 5.91 Å². The van der Waals surface area contributed by atoms with Gasteiger partial charge in [-0.05, 0) is 48.5 Å². The number of carbonyl (C=O) groups is 1. The zero-order valence-corrected chi connectivity index (χ0v) is 18.5. The number of pyridine rings is 1. The Morgan fingerprint density at radius 1 is 1.00 bits per heavy atom. The average Bonchev–Trinajstić information content (AvgIpc) is 3.29. The molecule has 0 atom stereocenters. The maximum atomic E-state index is 13.3. The highest BCUT2D eigenvalue weighted by Gasteiger charge is 2.25. The molecule has 1 saturated heterocycles. The number of amides is 1. The van der Waals surface area contributed by atoms with Crippen LogP contribution in [0.1, 0.15) is 10.4 Å². The van der Waals surface area contributed by atoms with Crippen molar-refractivity contribution in [2.24, 2.45) is 0 Å². The van der Waals surface area contributed by atoms with Gasteiger partial charge in [0.05, 0.1) is 18.4 Å². The predicted molar refractivity (Wildman–Crippen MR) is 128 cm³/mol. The van der Waals surface area contributed by atoms with Crippen molar-refractivity contribution >= 4 is 44.1 Å². The molecule has 0 unspecified atom stereocenters. The number of ether oxygens (including phenoxy) is 1. The third kappa shape index (κ3) is 4.09. The largest absolute Gasteiger partial charge is 0.497 e. The molecule has 1 amide bonds. The lowest BCUT2D eigenvalue weighted by Crippen LogP contribution is -2.48. The monoisotopic (exact) mass is 445 g/mol. The quantitative estimate of drug-likeness (QED) is 0.491. The highest BCUT2D eigenvalue weighted by Crippen LogP contribution is 2.29. The Bertz CT molecular complexity index is 1200. The average molecular weight is 446 g/mol. The molecule has 2 aromatic carbocycles. The molecule has 162 valence electrons. The second kappa shape index (κ2) is 8.84. The van der Waals surface area contributed by atoms with E-state index in [1.165, 1.54) is 0 Å². The number of fused-ring (bicyclic) bond motifs is 1. The maximum Gasteiger partial charge on any atom is 0.256 e. The standard InChI is InChI=1S/C24H23N5O2S/c1-31-18-10-8-17(9-11-18)26-20-6-3-2-5-19(20)23(30)28-13-15-29(16-14-28)24-27-21-7-4-12-25-22(21)32-24/h2-12,26H,13-16H2,1H3. The number of nitrogens with zero attached hydrogens (tertiary/aromatic N) is 4. The number of hydrogen-bond acceptors (Lipinski definition) is 7. The van der Waals surface area contributed by atoms with Crippen LogP contribution in [0.5, 0.6) is 5.75 Å². The smallest absolute Gasteiger partial charge is 0.256 e. The summed E-state index contributed by atoms with van der Waals surface area (Å²) in [6, 6.07) is 19.2. The molecule has 1 aliphatic rings. The molecule has 1 aliphatic heterocycles. The number of nitrogens with one attached hydrogen (secondary N) is 1. The highest BCUT2D eigenvalue weighted by molar-refractivity contribution is 7.21. The molecule has 7 nitrogen and oxygen atoms in total. The van der Waals surface area contributed by atoms with Crippen molar-refractivity contribution in [3.8, 4) is 5.75 Å². The van der Waals surface area contributed by atoms with Crippen LogP contribution >= 0.6 is 11.3 Å². The number of hydrogen-bond donors (Lipinski definition) is 1. The molecule has 3 heterocycles. The minimum absolute atomic E-state index is 0.0345. The van der Waals surface area contributed by atoms with E-state index < -0.39 is 0 Å². The summed E-state index contributed by atoms with van der Waals surface area (Å²) in [7, 11) is 1.64. The van der Waals surface area contributed by atoms with Crippen LogP contribution in [0.25, 0.3) is 10.3 Å². The van der Waals surface area contributed by atoms with Gasteiger partial charge in [0.15, 0.2) is 5.13 Å². The van der Waals surface area contributed by atoms with Gasteiger partial charge in [-0.1, -0.05) is 23.5 Å². The Hall–Kier alpha value is -3.65. The third-order valence-electron chi connectivity index (χ3n) is 5.52. The van der Waals surface area contributed by atoms with Crippen molar-refractivity contribution < 1.29 is 9.53 Å². The Labute approximate surface area is 190 Å². The summed E-state index contributed by atoms with van der Waals surface area (Å²) in [6.07, 6.45) is 1.79. The van der Waals surface area contributed by atoms with Crippen molar-refractivity contribution in [1.82, 2.24) is 14.9 Å². The lowest BCUT2D eigenvalue weighted by atomic mass is 10.1. The summed E-state index contributed by atoms with van der Waals surface area (Å²) in [4.78, 5) is 27.5. The van der Waals surface area contributed by atoms with Gasteiger partial charge >= 0.3 is 0 Å². The van der Waals surface area contributed by atoms with Crippen LogP contribution in [-0.4, -0.2) is 54.1 Å². The van der Waals surface area contributed by atoms with Gasteiger partial charge in [0.25, 0.3) is 5.91 Å². The molecule has 1 fully saturated rings. The molecule has 0 bridgehead atoms. The van der Waals surface area contributed by atoms with Gasteiger partial charge in [0, 0.05) is 38.1 Å². The zero-order chi connectivity index (χ0) is 21.9. The fraction of sp³-hybridized carbons (Fsp3) is 0.208. The fourth-order valence-corrected chi connectivity index (χ4v) is 4.73. The minimum atomic E-state index is 0.0345. The van der Waals surface area contributed by atoms with Gasteiger partial charge in [0.2, 0.25) is 0 Å². The summed E-state index contributed by atoms with van der Waals surface area (Å²) in [5.74, 6) is 0.828. The maximum absolute atomic E-state index is 13.3. The van der Waals surface area contributed by atoms with E-state index in [2.05, 4.69) is 15.2 Å². The van der Waals surface area contributed by atoms with Gasteiger partial charge in [-0.3, -0.25) is 4.79 Å². The summed E-state index contributed by atoms with van der Waals surface area (Å²) >= 11 is 1.60. The van der Waals surface area contributed by atoms with Crippen molar-refractivity contribution in [3.05, 3.63) is 72.4 Å². The zero-order valence-electron chi connectivity index (χ0n) is 17.7. The lowest BCUT2D eigenvalue weighted by molar-refractivity contribution is 0.0748. The Morgan fingerprint density at radius 3 is 2.53 bits per heavy atom. The Balaban J connectivity index is 1.28. The lowest BCUT2D eigenvalue weighted by Gasteiger charge is -2.34. The summed E-state index contributed by atoms with van der Waals surface area (Å²) < 4.78 is 5.22. The van der Waals surface area contributed by atoms with Crippen LogP contribution in [0, 0.1) is 0 Å². The Morgan fingerprint density at radius 2 is 1.78 bits per heavy atom. The molecule has 2 aromatic heterocycles. The second-order valence-electron chi connectivity index (χ2n) is 7.50. The first kappa shape index (κ1) is 20.3. The van der Waals surface area contributed by atoms with E-state index in [1.807, 2.05) is 65.6 Å². The molecule has 8 heteroatoms. The highest BCUT2D eigenvalue weighted by atomic mass is 32.1. The van der Waals surface area contributed by atoms with Crippen LogP contribution in [0.2, 0.25) is 0 Å². The van der Waals surface area contributed by atoms with Crippen LogP contribution in [0.15, 0.2) is 66.9 Å². The van der Waals surface area contributed by atoms with Crippen LogP contribution in [0.4, 0.5) is 16.5 Å². The third-order valence-corrected chi connectivity index (χ3v) is 6.56. The normalized spacial score (nSPS) is 13.9. The number of thiazole rings is 1. The van der Waals surface area contributed by atoms with Crippen molar-refractivity contribution in [1.29, 1.82) is 0 Å². The minimum Gasteiger partial charge on any atom is -0.497 e. The van der Waals surface area contributed by atoms with Gasteiger partial charge in [-0.15, -0.1) is 0 Å². The van der Waals surface area contributed by atoms with Gasteiger partial charge in [0.1, 0.15) is 16.1 Å². The number of methoxy groups -OCH3 is 1. The molecular weight excluding hydrogens is 422 g/mol. The van der Waals surface area contributed by atoms with Crippen molar-refractivity contribution in [2.75, 3.05) is 43.5 Å². The number of para-hydroxylation sites is 1. The van der Waals surface area contributed by atoms with E-state index in [1.54, 1.807) is 24.6 Å². The topological polar surface area (TPSA) is 70.6 Å². The number of aromatic nitrogens is 2. The van der Waals surface area contributed by atoms with Crippen molar-refractivity contribution in [3.63, 3.8) is 0 Å². The summed E-state index contributed by atoms with van der Waals surface area (Å²) in [5.41, 5.74) is 3.29. The first-order valence-electron chi connectivity index (χ1n) is 10.5. The molecule has 0 spiro atoms. The SMILES string of the molecule is COc1ccc(Nc2ccccc2C(=O)N2CCN(c3nc4cccnc4s3)CC2)cc1. The molecule has 1 N–H and O–H groups in total. The molecule has 0 saturated carbocycles. The van der Waals surface area contributed by atoms with Gasteiger partial charge < -0.3 is 19.9 Å². The number of anilines is 3. The van der Waals surface area contributed by atoms with E-state index in [4.69, 9.17) is 9.72 Å². The fourth-order valence-electron chi connectivity index (χ4n) is 3.77. The number of carbonyl (C=O) groups excluding carboxylic acids is 1. The summed E-state index contributed by atoms with van der Waals surface area (Å²) in [5, 5.41) is 4.33. The number of benzene rings is 2. The van der Waals surface area contributed by atoms with Crippen LogP contribution in [-0.2, 0) is 0 Å². The van der Waals surface area contributed by atoms with Crippen LogP contribution < -0.4 is 15.0 Å². The van der Waals surface area contributed by atoms with Gasteiger partial charge in [-0.2, -0.15) is 0 Å².